The summed E-state index contributed by atoms with van der Waals surface area (Å²) in [6, 6.07) is 4.11. The van der Waals surface area contributed by atoms with E-state index in [1.165, 1.54) is 16.9 Å². The van der Waals surface area contributed by atoms with Gasteiger partial charge < -0.3 is 5.32 Å². The lowest BCUT2D eigenvalue weighted by Crippen LogP contribution is -2.15. The zero-order chi connectivity index (χ0) is 14.9. The second-order valence-electron chi connectivity index (χ2n) is 4.38. The van der Waals surface area contributed by atoms with Crippen LogP contribution >= 0.6 is 11.6 Å². The van der Waals surface area contributed by atoms with Gasteiger partial charge >= 0.3 is 6.18 Å². The fraction of sp³-hybridized carbons (Fsp3) is 0.308. The second-order valence-corrected chi connectivity index (χ2v) is 4.78. The van der Waals surface area contributed by atoms with Crippen molar-refractivity contribution < 1.29 is 13.2 Å². The first-order chi connectivity index (χ1) is 9.32. The summed E-state index contributed by atoms with van der Waals surface area (Å²) in [6.07, 6.45) is -2.92. The molecule has 1 N–H and O–H groups in total. The molecule has 7 heteroatoms. The van der Waals surface area contributed by atoms with Gasteiger partial charge in [-0.2, -0.15) is 18.3 Å². The molecule has 20 heavy (non-hydrogen) atoms. The van der Waals surface area contributed by atoms with E-state index in [1.54, 1.807) is 20.0 Å². The first kappa shape index (κ1) is 14.9. The molecule has 0 atom stereocenters. The van der Waals surface area contributed by atoms with Crippen LogP contribution in [0.25, 0.3) is 5.69 Å². The van der Waals surface area contributed by atoms with Crippen molar-refractivity contribution in [3.05, 3.63) is 46.2 Å². The molecule has 0 saturated heterocycles. The van der Waals surface area contributed by atoms with E-state index >= 15 is 0 Å². The van der Waals surface area contributed by atoms with Gasteiger partial charge in [0.1, 0.15) is 0 Å². The highest BCUT2D eigenvalue weighted by molar-refractivity contribution is 6.31. The van der Waals surface area contributed by atoms with Crippen LogP contribution < -0.4 is 5.32 Å². The van der Waals surface area contributed by atoms with Crippen LogP contribution in [0.15, 0.2) is 24.4 Å². The molecule has 0 saturated carbocycles. The summed E-state index contributed by atoms with van der Waals surface area (Å²) in [4.78, 5) is 0. The second kappa shape index (κ2) is 5.46. The molecule has 0 aliphatic rings. The largest absolute Gasteiger partial charge is 0.416 e. The summed E-state index contributed by atoms with van der Waals surface area (Å²) in [6.45, 7) is 1.84. The van der Waals surface area contributed by atoms with Crippen molar-refractivity contribution >= 4 is 11.6 Å². The maximum atomic E-state index is 13.1. The Balaban J connectivity index is 2.51. The van der Waals surface area contributed by atoms with Gasteiger partial charge in [-0.1, -0.05) is 17.7 Å². The van der Waals surface area contributed by atoms with Crippen molar-refractivity contribution in [2.75, 3.05) is 7.05 Å². The Labute approximate surface area is 119 Å². The number of rotatable bonds is 3. The number of nitrogens with zero attached hydrogens (tertiary/aromatic N) is 2. The lowest BCUT2D eigenvalue weighted by molar-refractivity contribution is -0.138. The summed E-state index contributed by atoms with van der Waals surface area (Å²) in [7, 11) is 1.60. The Bertz CT molecular complexity index is 600. The molecule has 2 aromatic rings. The van der Waals surface area contributed by atoms with Crippen molar-refractivity contribution in [2.45, 2.75) is 19.6 Å². The zero-order valence-electron chi connectivity index (χ0n) is 10.9. The van der Waals surface area contributed by atoms with E-state index in [4.69, 9.17) is 11.6 Å². The highest BCUT2D eigenvalue weighted by Gasteiger charge is 2.33. The van der Waals surface area contributed by atoms with Gasteiger partial charge in [0, 0.05) is 12.7 Å². The van der Waals surface area contributed by atoms with E-state index in [1.807, 2.05) is 0 Å². The standard InChI is InChI=1S/C13H13ClF3N3/c1-8-12(14)7-20(19-8)10-4-3-9(6-18-2)11(5-10)13(15,16)17/h3-5,7,18H,6H2,1-2H3. The molecule has 108 valence electrons. The molecule has 1 heterocycles. The van der Waals surface area contributed by atoms with E-state index < -0.39 is 11.7 Å². The van der Waals surface area contributed by atoms with Gasteiger partial charge in [0.15, 0.2) is 0 Å². The molecule has 0 amide bonds. The van der Waals surface area contributed by atoms with E-state index in [0.717, 1.165) is 6.07 Å². The number of aromatic nitrogens is 2. The molecule has 1 aromatic heterocycles. The molecular weight excluding hydrogens is 291 g/mol. The average Bonchev–Trinajstić information content (AvgIpc) is 2.69. The summed E-state index contributed by atoms with van der Waals surface area (Å²) >= 11 is 5.87. The van der Waals surface area contributed by atoms with Crippen molar-refractivity contribution in [1.29, 1.82) is 0 Å². The molecule has 0 unspecified atom stereocenters. The van der Waals surface area contributed by atoms with Gasteiger partial charge in [-0.3, -0.25) is 0 Å². The third-order valence-electron chi connectivity index (χ3n) is 2.87. The predicted molar refractivity (Wildman–Crippen MR) is 71.1 cm³/mol. The molecule has 0 spiro atoms. The smallest absolute Gasteiger partial charge is 0.316 e. The quantitative estimate of drug-likeness (QED) is 0.939. The Kier molecular flexibility index (Phi) is 4.06. The first-order valence-electron chi connectivity index (χ1n) is 5.90. The lowest BCUT2D eigenvalue weighted by Gasteiger charge is -2.14. The highest BCUT2D eigenvalue weighted by Crippen LogP contribution is 2.33. The highest BCUT2D eigenvalue weighted by atomic mass is 35.5. The minimum atomic E-state index is -4.41. The lowest BCUT2D eigenvalue weighted by atomic mass is 10.1. The molecule has 1 aromatic carbocycles. The fourth-order valence-corrected chi connectivity index (χ4v) is 2.02. The van der Waals surface area contributed by atoms with Gasteiger partial charge in [0.2, 0.25) is 0 Å². The number of nitrogens with one attached hydrogen (secondary N) is 1. The summed E-state index contributed by atoms with van der Waals surface area (Å²) < 4.78 is 40.5. The molecule has 0 aliphatic heterocycles. The van der Waals surface area contributed by atoms with Crippen molar-refractivity contribution in [3.8, 4) is 5.69 Å². The fourth-order valence-electron chi connectivity index (χ4n) is 1.89. The van der Waals surface area contributed by atoms with Gasteiger partial charge in [-0.25, -0.2) is 4.68 Å². The third-order valence-corrected chi connectivity index (χ3v) is 3.24. The minimum Gasteiger partial charge on any atom is -0.316 e. The van der Waals surface area contributed by atoms with E-state index in [-0.39, 0.29) is 12.1 Å². The van der Waals surface area contributed by atoms with E-state index in [0.29, 0.717) is 16.4 Å². The van der Waals surface area contributed by atoms with Crippen LogP contribution in [0.3, 0.4) is 0 Å². The zero-order valence-corrected chi connectivity index (χ0v) is 11.7. The SMILES string of the molecule is CNCc1ccc(-n2cc(Cl)c(C)n2)cc1C(F)(F)F. The van der Waals surface area contributed by atoms with Crippen LogP contribution in [0.1, 0.15) is 16.8 Å². The summed E-state index contributed by atoms with van der Waals surface area (Å²) in [5.74, 6) is 0. The Morgan fingerprint density at radius 2 is 2.05 bits per heavy atom. The van der Waals surface area contributed by atoms with Gasteiger partial charge in [0.25, 0.3) is 0 Å². The van der Waals surface area contributed by atoms with Crippen molar-refractivity contribution in [2.24, 2.45) is 0 Å². The van der Waals surface area contributed by atoms with Gasteiger partial charge in [-0.05, 0) is 31.7 Å². The molecule has 3 nitrogen and oxygen atoms in total. The number of aryl methyl sites for hydroxylation is 1. The normalized spacial score (nSPS) is 11.9. The van der Waals surface area contributed by atoms with E-state index in [9.17, 15) is 13.2 Å². The number of alkyl halides is 3. The molecule has 0 fully saturated rings. The predicted octanol–water partition coefficient (Wildman–Crippen LogP) is 3.57. The number of benzene rings is 1. The molecule has 0 radical (unpaired) electrons. The maximum Gasteiger partial charge on any atom is 0.416 e. The molecule has 0 aliphatic carbocycles. The Morgan fingerprint density at radius 1 is 1.35 bits per heavy atom. The topological polar surface area (TPSA) is 29.9 Å². The van der Waals surface area contributed by atoms with Crippen LogP contribution in [-0.4, -0.2) is 16.8 Å². The monoisotopic (exact) mass is 303 g/mol. The van der Waals surface area contributed by atoms with Crippen molar-refractivity contribution in [3.63, 3.8) is 0 Å². The van der Waals surface area contributed by atoms with Gasteiger partial charge in [-0.15, -0.1) is 0 Å². The van der Waals surface area contributed by atoms with Crippen LogP contribution in [-0.2, 0) is 12.7 Å². The average molecular weight is 304 g/mol. The van der Waals surface area contributed by atoms with Crippen LogP contribution in [0.4, 0.5) is 13.2 Å². The minimum absolute atomic E-state index is 0.147. The first-order valence-corrected chi connectivity index (χ1v) is 6.27. The summed E-state index contributed by atoms with van der Waals surface area (Å²) in [5.41, 5.74) is 0.416. The number of hydrogen-bond donors (Lipinski definition) is 1. The number of hydrogen-bond acceptors (Lipinski definition) is 2. The molecule has 0 bridgehead atoms. The van der Waals surface area contributed by atoms with Crippen LogP contribution in [0.2, 0.25) is 5.02 Å². The third kappa shape index (κ3) is 2.96. The Morgan fingerprint density at radius 3 is 2.55 bits per heavy atom. The summed E-state index contributed by atoms with van der Waals surface area (Å²) in [5, 5.41) is 7.22. The Hall–Kier alpha value is -1.53. The molecule has 2 rings (SSSR count). The van der Waals surface area contributed by atoms with Crippen LogP contribution in [0.5, 0.6) is 0 Å². The maximum absolute atomic E-state index is 13.1. The van der Waals surface area contributed by atoms with Crippen molar-refractivity contribution in [1.82, 2.24) is 15.1 Å². The number of halogens is 4. The van der Waals surface area contributed by atoms with Gasteiger partial charge in [0.05, 0.1) is 22.0 Å². The van der Waals surface area contributed by atoms with Crippen LogP contribution in [0, 0.1) is 6.92 Å². The van der Waals surface area contributed by atoms with E-state index in [2.05, 4.69) is 10.4 Å². The molecular formula is C13H13ClF3N3.